The quantitative estimate of drug-likeness (QED) is 0.714. The van der Waals surface area contributed by atoms with Crippen molar-refractivity contribution in [3.05, 3.63) is 31.9 Å². The van der Waals surface area contributed by atoms with Gasteiger partial charge in [0.1, 0.15) is 10.5 Å². The largest absolute Gasteiger partial charge is 0.459 e. The van der Waals surface area contributed by atoms with Gasteiger partial charge in [-0.25, -0.2) is 0 Å². The van der Waals surface area contributed by atoms with Crippen molar-refractivity contribution < 1.29 is 4.42 Å². The van der Waals surface area contributed by atoms with Crippen LogP contribution < -0.4 is 5.43 Å². The average Bonchev–Trinajstić information content (AvgIpc) is 2.33. The molecule has 2 aromatic rings. The zero-order chi connectivity index (χ0) is 8.72. The zero-order valence-electron chi connectivity index (χ0n) is 6.26. The molecule has 0 aliphatic carbocycles. The lowest BCUT2D eigenvalue weighted by Crippen LogP contribution is -1.96. The number of thiophene rings is 1. The lowest BCUT2D eigenvalue weighted by Gasteiger charge is -1.91. The van der Waals surface area contributed by atoms with Crippen LogP contribution in [0.1, 0.15) is 5.76 Å². The summed E-state index contributed by atoms with van der Waals surface area (Å²) in [6, 6.07) is 1.51. The Morgan fingerprint density at radius 1 is 1.58 bits per heavy atom. The second kappa shape index (κ2) is 2.71. The standard InChI is InChI=1S/C8H5BrO2S/c1-4-2-6(10)8-7(11-4)5(9)3-12-8/h2-3H,1H3. The van der Waals surface area contributed by atoms with E-state index in [1.54, 1.807) is 6.92 Å². The second-order valence-corrected chi connectivity index (χ2v) is 4.20. The molecular weight excluding hydrogens is 240 g/mol. The van der Waals surface area contributed by atoms with Crippen molar-refractivity contribution in [1.29, 1.82) is 0 Å². The van der Waals surface area contributed by atoms with Gasteiger partial charge in [-0.05, 0) is 22.9 Å². The molecule has 0 N–H and O–H groups in total. The minimum absolute atomic E-state index is 0.0319. The predicted molar refractivity (Wildman–Crippen MR) is 52.8 cm³/mol. The maximum Gasteiger partial charge on any atom is 0.202 e. The Labute approximate surface area is 81.0 Å². The number of halogens is 1. The molecule has 2 rings (SSSR count). The summed E-state index contributed by atoms with van der Waals surface area (Å²) in [5.74, 6) is 0.645. The molecule has 4 heteroatoms. The number of fused-ring (bicyclic) bond motifs is 1. The van der Waals surface area contributed by atoms with Crippen molar-refractivity contribution in [3.63, 3.8) is 0 Å². The second-order valence-electron chi connectivity index (χ2n) is 2.46. The molecule has 0 spiro atoms. The first-order valence-electron chi connectivity index (χ1n) is 3.36. The smallest absolute Gasteiger partial charge is 0.202 e. The Morgan fingerprint density at radius 3 is 3.08 bits per heavy atom. The number of hydrogen-bond donors (Lipinski definition) is 0. The summed E-state index contributed by atoms with van der Waals surface area (Å²) in [5.41, 5.74) is 0.689. The van der Waals surface area contributed by atoms with Crippen molar-refractivity contribution in [3.8, 4) is 0 Å². The Bertz CT molecular complexity index is 483. The Morgan fingerprint density at radius 2 is 2.33 bits per heavy atom. The van der Waals surface area contributed by atoms with Crippen molar-refractivity contribution in [2.45, 2.75) is 6.92 Å². The van der Waals surface area contributed by atoms with Crippen LogP contribution in [0.2, 0.25) is 0 Å². The van der Waals surface area contributed by atoms with Gasteiger partial charge in [-0.1, -0.05) is 0 Å². The van der Waals surface area contributed by atoms with E-state index >= 15 is 0 Å². The summed E-state index contributed by atoms with van der Waals surface area (Å²) in [5, 5.41) is 1.86. The molecule has 12 heavy (non-hydrogen) atoms. The van der Waals surface area contributed by atoms with Crippen molar-refractivity contribution in [2.75, 3.05) is 0 Å². The number of rotatable bonds is 0. The maximum atomic E-state index is 11.3. The molecule has 0 aromatic carbocycles. The lowest BCUT2D eigenvalue weighted by molar-refractivity contribution is 0.564. The molecule has 0 bridgehead atoms. The third kappa shape index (κ3) is 1.11. The van der Waals surface area contributed by atoms with E-state index in [0.717, 1.165) is 4.47 Å². The van der Waals surface area contributed by atoms with Crippen LogP contribution in [0.25, 0.3) is 10.3 Å². The van der Waals surface area contributed by atoms with Gasteiger partial charge in [0.05, 0.1) is 4.47 Å². The monoisotopic (exact) mass is 244 g/mol. The summed E-state index contributed by atoms with van der Waals surface area (Å²) in [6.45, 7) is 1.77. The highest BCUT2D eigenvalue weighted by atomic mass is 79.9. The molecule has 0 aliphatic heterocycles. The third-order valence-electron chi connectivity index (χ3n) is 1.52. The molecule has 0 aliphatic rings. The van der Waals surface area contributed by atoms with Crippen LogP contribution in [0.4, 0.5) is 0 Å². The highest BCUT2D eigenvalue weighted by Gasteiger charge is 2.07. The van der Waals surface area contributed by atoms with E-state index in [0.29, 0.717) is 16.0 Å². The fourth-order valence-corrected chi connectivity index (χ4v) is 2.48. The number of aryl methyl sites for hydroxylation is 1. The molecule has 0 saturated heterocycles. The lowest BCUT2D eigenvalue weighted by atomic mass is 10.4. The molecule has 2 aromatic heterocycles. The van der Waals surface area contributed by atoms with Gasteiger partial charge in [-0.15, -0.1) is 11.3 Å². The maximum absolute atomic E-state index is 11.3. The fraction of sp³-hybridized carbons (Fsp3) is 0.125. The van der Waals surface area contributed by atoms with E-state index in [9.17, 15) is 4.79 Å². The van der Waals surface area contributed by atoms with Gasteiger partial charge in [0.2, 0.25) is 5.43 Å². The van der Waals surface area contributed by atoms with Crippen LogP contribution in [0, 0.1) is 6.92 Å². The molecule has 0 radical (unpaired) electrons. The number of hydrogen-bond acceptors (Lipinski definition) is 3. The molecule has 0 atom stereocenters. The molecule has 2 nitrogen and oxygen atoms in total. The highest BCUT2D eigenvalue weighted by molar-refractivity contribution is 9.10. The van der Waals surface area contributed by atoms with Crippen LogP contribution in [-0.2, 0) is 0 Å². The summed E-state index contributed by atoms with van der Waals surface area (Å²) < 4.78 is 6.90. The van der Waals surface area contributed by atoms with Crippen LogP contribution >= 0.6 is 27.3 Å². The van der Waals surface area contributed by atoms with Gasteiger partial charge in [0.15, 0.2) is 5.58 Å². The molecular formula is C8H5BrO2S. The molecule has 0 unspecified atom stereocenters. The Kier molecular flexibility index (Phi) is 1.81. The predicted octanol–water partition coefficient (Wildman–Crippen LogP) is 2.93. The SMILES string of the molecule is Cc1cc(=O)c2scc(Br)c2o1. The van der Waals surface area contributed by atoms with Crippen LogP contribution in [0.15, 0.2) is 25.1 Å². The molecule has 0 fully saturated rings. The van der Waals surface area contributed by atoms with E-state index < -0.39 is 0 Å². The van der Waals surface area contributed by atoms with E-state index in [1.807, 2.05) is 5.38 Å². The van der Waals surface area contributed by atoms with Gasteiger partial charge >= 0.3 is 0 Å². The molecule has 62 valence electrons. The van der Waals surface area contributed by atoms with Crippen molar-refractivity contribution in [2.24, 2.45) is 0 Å². The first-order valence-corrected chi connectivity index (χ1v) is 5.03. The molecule has 2 heterocycles. The first-order chi connectivity index (χ1) is 5.68. The van der Waals surface area contributed by atoms with Crippen LogP contribution in [0.5, 0.6) is 0 Å². The van der Waals surface area contributed by atoms with Gasteiger partial charge in [0.25, 0.3) is 0 Å². The van der Waals surface area contributed by atoms with Gasteiger partial charge in [0, 0.05) is 11.4 Å². The normalized spacial score (nSPS) is 10.8. The van der Waals surface area contributed by atoms with Crippen LogP contribution in [0.3, 0.4) is 0 Å². The fourth-order valence-electron chi connectivity index (χ4n) is 1.03. The van der Waals surface area contributed by atoms with E-state index in [1.165, 1.54) is 17.4 Å². The Balaban J connectivity index is 3.03. The Hall–Kier alpha value is -0.610. The molecule has 0 amide bonds. The summed E-state index contributed by atoms with van der Waals surface area (Å²) >= 11 is 4.71. The van der Waals surface area contributed by atoms with Crippen molar-refractivity contribution >= 4 is 37.5 Å². The average molecular weight is 245 g/mol. The minimum atomic E-state index is 0.0319. The van der Waals surface area contributed by atoms with Crippen molar-refractivity contribution in [1.82, 2.24) is 0 Å². The highest BCUT2D eigenvalue weighted by Crippen LogP contribution is 2.28. The minimum Gasteiger partial charge on any atom is -0.459 e. The van der Waals surface area contributed by atoms with E-state index in [-0.39, 0.29) is 5.43 Å². The first kappa shape index (κ1) is 8.01. The summed E-state index contributed by atoms with van der Waals surface area (Å²) in [6.07, 6.45) is 0. The summed E-state index contributed by atoms with van der Waals surface area (Å²) in [7, 11) is 0. The zero-order valence-corrected chi connectivity index (χ0v) is 8.66. The van der Waals surface area contributed by atoms with E-state index in [2.05, 4.69) is 15.9 Å². The van der Waals surface area contributed by atoms with Gasteiger partial charge < -0.3 is 4.42 Å². The van der Waals surface area contributed by atoms with Crippen LogP contribution in [-0.4, -0.2) is 0 Å². The van der Waals surface area contributed by atoms with Gasteiger partial charge in [-0.2, -0.15) is 0 Å². The topological polar surface area (TPSA) is 30.2 Å². The third-order valence-corrected chi connectivity index (χ3v) is 3.39. The molecule has 0 saturated carbocycles. The van der Waals surface area contributed by atoms with Gasteiger partial charge in [-0.3, -0.25) is 4.79 Å². The van der Waals surface area contributed by atoms with E-state index in [4.69, 9.17) is 4.42 Å². The summed E-state index contributed by atoms with van der Waals surface area (Å²) in [4.78, 5) is 11.3.